The molecule has 0 bridgehead atoms. The molecule has 0 aliphatic carbocycles. The normalized spacial score (nSPS) is 13.4. The minimum atomic E-state index is -0.915. The Labute approximate surface area is 95.9 Å². The van der Waals surface area contributed by atoms with Crippen molar-refractivity contribution in [3.05, 3.63) is 23.3 Å². The van der Waals surface area contributed by atoms with Crippen molar-refractivity contribution >= 4 is 5.97 Å². The minimum Gasteiger partial charge on any atom is -0.481 e. The molecule has 1 atom stereocenters. The van der Waals surface area contributed by atoms with Gasteiger partial charge in [-0.2, -0.15) is 0 Å². The summed E-state index contributed by atoms with van der Waals surface area (Å²) in [7, 11) is 0. The fraction of sp³-hybridized carbons (Fsp3) is 0.583. The molecule has 0 fully saturated rings. The predicted octanol–water partition coefficient (Wildman–Crippen LogP) is 1.34. The van der Waals surface area contributed by atoms with Gasteiger partial charge in [-0.3, -0.25) is 4.79 Å². The van der Waals surface area contributed by atoms with Gasteiger partial charge in [0, 0.05) is 6.61 Å². The van der Waals surface area contributed by atoms with Crippen molar-refractivity contribution in [3.63, 3.8) is 0 Å². The van der Waals surface area contributed by atoms with Gasteiger partial charge in [-0.1, -0.05) is 17.7 Å². The second kappa shape index (κ2) is 8.07. The molecule has 0 saturated heterocycles. The number of carbonyl (C=O) groups is 1. The molecule has 0 heterocycles. The van der Waals surface area contributed by atoms with Crippen LogP contribution in [-0.4, -0.2) is 34.5 Å². The second-order valence-electron chi connectivity index (χ2n) is 3.92. The molecular weight excluding hydrogens is 208 g/mol. The van der Waals surface area contributed by atoms with Crippen LogP contribution in [0.4, 0.5) is 0 Å². The summed E-state index contributed by atoms with van der Waals surface area (Å²) in [6.07, 6.45) is 4.10. The summed E-state index contributed by atoms with van der Waals surface area (Å²) in [4.78, 5) is 10.9. The van der Waals surface area contributed by atoms with E-state index in [1.807, 2.05) is 19.9 Å². The number of carboxylic acids is 1. The zero-order valence-corrected chi connectivity index (χ0v) is 9.81. The van der Waals surface area contributed by atoms with Gasteiger partial charge in [0.15, 0.2) is 0 Å². The van der Waals surface area contributed by atoms with E-state index in [0.29, 0.717) is 18.4 Å². The lowest BCUT2D eigenvalue weighted by molar-refractivity contribution is -0.139. The number of hydrogen-bond donors (Lipinski definition) is 3. The summed E-state index contributed by atoms with van der Waals surface area (Å²) in [5.41, 5.74) is 1.63. The van der Waals surface area contributed by atoms with Crippen molar-refractivity contribution in [1.82, 2.24) is 0 Å². The van der Waals surface area contributed by atoms with Crippen LogP contribution in [0.3, 0.4) is 0 Å². The van der Waals surface area contributed by atoms with Crippen molar-refractivity contribution < 1.29 is 20.1 Å². The molecule has 0 aromatic carbocycles. The van der Waals surface area contributed by atoms with Crippen LogP contribution in [0.1, 0.15) is 26.7 Å². The first-order valence-corrected chi connectivity index (χ1v) is 5.28. The van der Waals surface area contributed by atoms with Crippen LogP contribution in [0.2, 0.25) is 0 Å². The number of rotatable bonds is 7. The molecule has 0 aliphatic rings. The molecule has 0 spiro atoms. The monoisotopic (exact) mass is 228 g/mol. The van der Waals surface area contributed by atoms with Crippen LogP contribution >= 0.6 is 0 Å². The van der Waals surface area contributed by atoms with Crippen LogP contribution < -0.4 is 0 Å². The number of aliphatic hydroxyl groups excluding tert-OH is 2. The van der Waals surface area contributed by atoms with Crippen molar-refractivity contribution in [2.75, 3.05) is 13.2 Å². The van der Waals surface area contributed by atoms with Crippen molar-refractivity contribution in [2.24, 2.45) is 5.92 Å². The fourth-order valence-corrected chi connectivity index (χ4v) is 1.25. The van der Waals surface area contributed by atoms with Gasteiger partial charge < -0.3 is 15.3 Å². The van der Waals surface area contributed by atoms with Crippen molar-refractivity contribution in [2.45, 2.75) is 26.7 Å². The first-order chi connectivity index (χ1) is 7.51. The number of aliphatic carboxylic acids is 1. The van der Waals surface area contributed by atoms with E-state index in [1.165, 1.54) is 6.08 Å². The molecule has 0 rings (SSSR count). The van der Waals surface area contributed by atoms with Gasteiger partial charge in [-0.05, 0) is 32.3 Å². The Bertz CT molecular complexity index is 275. The highest BCUT2D eigenvalue weighted by Crippen LogP contribution is 2.13. The minimum absolute atomic E-state index is 0.0820. The maximum absolute atomic E-state index is 10.9. The molecule has 0 saturated carbocycles. The number of allylic oxidation sites excluding steroid dienone is 2. The zero-order chi connectivity index (χ0) is 12.6. The third-order valence-electron chi connectivity index (χ3n) is 2.17. The largest absolute Gasteiger partial charge is 0.481 e. The number of carboxylic acid groups (broad SMARTS) is 1. The molecule has 0 amide bonds. The molecule has 0 aromatic rings. The van der Waals surface area contributed by atoms with Crippen LogP contribution in [0.25, 0.3) is 0 Å². The number of hydrogen-bond acceptors (Lipinski definition) is 3. The third kappa shape index (κ3) is 6.37. The third-order valence-corrected chi connectivity index (χ3v) is 2.17. The van der Waals surface area contributed by atoms with Crippen LogP contribution in [0, 0.1) is 5.92 Å². The van der Waals surface area contributed by atoms with Crippen LogP contribution in [0.5, 0.6) is 0 Å². The van der Waals surface area contributed by atoms with E-state index >= 15 is 0 Å². The SMILES string of the molecule is CC(C)=CCC(C=C(CO)CCO)C(=O)O. The smallest absolute Gasteiger partial charge is 0.310 e. The lowest BCUT2D eigenvalue weighted by Gasteiger charge is -2.08. The Morgan fingerprint density at radius 3 is 2.31 bits per heavy atom. The maximum Gasteiger partial charge on any atom is 0.310 e. The van der Waals surface area contributed by atoms with E-state index in [9.17, 15) is 4.79 Å². The predicted molar refractivity (Wildman–Crippen MR) is 62.0 cm³/mol. The van der Waals surface area contributed by atoms with Gasteiger partial charge >= 0.3 is 5.97 Å². The molecule has 4 heteroatoms. The highest BCUT2D eigenvalue weighted by Gasteiger charge is 2.13. The van der Waals surface area contributed by atoms with Crippen LogP contribution in [0.15, 0.2) is 23.3 Å². The Hall–Kier alpha value is -1.13. The molecule has 0 radical (unpaired) electrons. The van der Waals surface area contributed by atoms with Gasteiger partial charge in [-0.25, -0.2) is 0 Å². The Morgan fingerprint density at radius 1 is 1.31 bits per heavy atom. The van der Waals surface area contributed by atoms with E-state index in [1.54, 1.807) is 0 Å². The fourth-order valence-electron chi connectivity index (χ4n) is 1.25. The standard InChI is InChI=1S/C12H20O4/c1-9(2)3-4-11(12(15)16)7-10(8-14)5-6-13/h3,7,11,13-14H,4-6,8H2,1-2H3,(H,15,16). The van der Waals surface area contributed by atoms with E-state index in [4.69, 9.17) is 15.3 Å². The summed E-state index contributed by atoms with van der Waals surface area (Å²) in [5.74, 6) is -1.55. The highest BCUT2D eigenvalue weighted by molar-refractivity contribution is 5.72. The Balaban J connectivity index is 4.64. The quantitative estimate of drug-likeness (QED) is 0.575. The maximum atomic E-state index is 10.9. The molecule has 4 nitrogen and oxygen atoms in total. The molecule has 0 aromatic heterocycles. The van der Waals surface area contributed by atoms with E-state index in [2.05, 4.69) is 0 Å². The summed E-state index contributed by atoms with van der Waals surface area (Å²) >= 11 is 0. The van der Waals surface area contributed by atoms with E-state index in [-0.39, 0.29) is 13.2 Å². The van der Waals surface area contributed by atoms with Gasteiger partial charge in [0.2, 0.25) is 0 Å². The summed E-state index contributed by atoms with van der Waals surface area (Å²) in [6, 6.07) is 0. The highest BCUT2D eigenvalue weighted by atomic mass is 16.4. The van der Waals surface area contributed by atoms with Gasteiger partial charge in [0.1, 0.15) is 0 Å². The molecule has 0 aliphatic heterocycles. The first-order valence-electron chi connectivity index (χ1n) is 5.28. The second-order valence-corrected chi connectivity index (χ2v) is 3.92. The molecular formula is C12H20O4. The summed E-state index contributed by atoms with van der Waals surface area (Å²) < 4.78 is 0. The average Bonchev–Trinajstić information content (AvgIpc) is 2.21. The van der Waals surface area contributed by atoms with E-state index in [0.717, 1.165) is 5.57 Å². The number of aliphatic hydroxyl groups is 2. The Kier molecular flexibility index (Phi) is 7.50. The van der Waals surface area contributed by atoms with Crippen LogP contribution in [-0.2, 0) is 4.79 Å². The summed E-state index contributed by atoms with van der Waals surface area (Å²) in [6.45, 7) is 3.52. The van der Waals surface area contributed by atoms with Gasteiger partial charge in [-0.15, -0.1) is 0 Å². The first kappa shape index (κ1) is 14.9. The lowest BCUT2D eigenvalue weighted by Crippen LogP contribution is -2.12. The van der Waals surface area contributed by atoms with Gasteiger partial charge in [0.25, 0.3) is 0 Å². The molecule has 1 unspecified atom stereocenters. The van der Waals surface area contributed by atoms with Gasteiger partial charge in [0.05, 0.1) is 12.5 Å². The molecule has 92 valence electrons. The average molecular weight is 228 g/mol. The molecule has 3 N–H and O–H groups in total. The topological polar surface area (TPSA) is 77.8 Å². The lowest BCUT2D eigenvalue weighted by atomic mass is 9.99. The summed E-state index contributed by atoms with van der Waals surface area (Å²) in [5, 5.41) is 26.7. The van der Waals surface area contributed by atoms with Crippen molar-refractivity contribution in [1.29, 1.82) is 0 Å². The zero-order valence-electron chi connectivity index (χ0n) is 9.81. The van der Waals surface area contributed by atoms with Crippen molar-refractivity contribution in [3.8, 4) is 0 Å². The molecule has 16 heavy (non-hydrogen) atoms. The van der Waals surface area contributed by atoms with E-state index < -0.39 is 11.9 Å². The Morgan fingerprint density at radius 2 is 1.94 bits per heavy atom.